The third-order valence-corrected chi connectivity index (χ3v) is 2.59. The summed E-state index contributed by atoms with van der Waals surface area (Å²) in [6.45, 7) is 4.03. The zero-order valence-electron chi connectivity index (χ0n) is 9.44. The number of nitrogens with zero attached hydrogens (tertiary/aromatic N) is 2. The number of pyridine rings is 1. The maximum atomic E-state index is 9.08. The lowest BCUT2D eigenvalue weighted by atomic mass is 10.1. The Hall–Kier alpha value is -1.46. The quantitative estimate of drug-likeness (QED) is 0.722. The van der Waals surface area contributed by atoms with Crippen molar-refractivity contribution < 1.29 is 5.11 Å². The molecular formula is C11H16N4O. The summed E-state index contributed by atoms with van der Waals surface area (Å²) >= 11 is 0. The van der Waals surface area contributed by atoms with E-state index in [4.69, 9.17) is 10.8 Å². The maximum absolute atomic E-state index is 9.08. The molecule has 0 saturated heterocycles. The molecule has 0 fully saturated rings. The highest BCUT2D eigenvalue weighted by Gasteiger charge is 2.14. The highest BCUT2D eigenvalue weighted by molar-refractivity contribution is 5.75. The molecule has 2 aromatic rings. The first-order valence-corrected chi connectivity index (χ1v) is 5.34. The van der Waals surface area contributed by atoms with Gasteiger partial charge in [0.25, 0.3) is 0 Å². The van der Waals surface area contributed by atoms with Crippen LogP contribution >= 0.6 is 0 Å². The van der Waals surface area contributed by atoms with Crippen LogP contribution in [0.1, 0.15) is 37.2 Å². The van der Waals surface area contributed by atoms with Crippen molar-refractivity contribution in [3.05, 3.63) is 23.7 Å². The molecule has 0 aliphatic carbocycles. The van der Waals surface area contributed by atoms with Gasteiger partial charge in [-0.15, -0.1) is 0 Å². The number of hydrogen-bond donors (Lipinski definition) is 3. The molecule has 0 aliphatic heterocycles. The number of imidazole rings is 1. The van der Waals surface area contributed by atoms with E-state index >= 15 is 0 Å². The van der Waals surface area contributed by atoms with E-state index in [1.54, 1.807) is 6.20 Å². The van der Waals surface area contributed by atoms with Gasteiger partial charge in [-0.05, 0) is 6.07 Å². The lowest BCUT2D eigenvalue weighted by molar-refractivity contribution is 0.268. The van der Waals surface area contributed by atoms with Crippen molar-refractivity contribution in [3.8, 4) is 0 Å². The monoisotopic (exact) mass is 220 g/mol. The molecule has 16 heavy (non-hydrogen) atoms. The summed E-state index contributed by atoms with van der Waals surface area (Å²) in [5, 5.41) is 9.08. The molecule has 5 heteroatoms. The first kappa shape index (κ1) is 11.0. The number of H-pyrrole nitrogens is 1. The van der Waals surface area contributed by atoms with Crippen molar-refractivity contribution in [1.29, 1.82) is 0 Å². The Bertz CT molecular complexity index is 492. The minimum atomic E-state index is -0.397. The Kier molecular flexibility index (Phi) is 2.89. The highest BCUT2D eigenvalue weighted by atomic mass is 16.3. The van der Waals surface area contributed by atoms with Gasteiger partial charge in [0.1, 0.15) is 5.82 Å². The van der Waals surface area contributed by atoms with Crippen LogP contribution in [0.3, 0.4) is 0 Å². The lowest BCUT2D eigenvalue weighted by Gasteiger charge is -2.08. The van der Waals surface area contributed by atoms with E-state index in [2.05, 4.69) is 28.8 Å². The van der Waals surface area contributed by atoms with Crippen molar-refractivity contribution in [2.45, 2.75) is 25.8 Å². The van der Waals surface area contributed by atoms with Crippen molar-refractivity contribution in [1.82, 2.24) is 15.0 Å². The Morgan fingerprint density at radius 2 is 2.25 bits per heavy atom. The number of fused-ring (bicyclic) bond motifs is 1. The standard InChI is InChI=1S/C11H16N4O/c1-6(2)10-14-9-7(8(12)5-16)3-4-13-11(9)15-10/h3-4,6,8,16H,5,12H2,1-2H3,(H,13,14,15). The smallest absolute Gasteiger partial charge is 0.178 e. The summed E-state index contributed by atoms with van der Waals surface area (Å²) in [6.07, 6.45) is 1.66. The molecular weight excluding hydrogens is 204 g/mol. The number of aromatic amines is 1. The van der Waals surface area contributed by atoms with Gasteiger partial charge >= 0.3 is 0 Å². The molecule has 0 radical (unpaired) electrons. The molecule has 2 aromatic heterocycles. The largest absolute Gasteiger partial charge is 0.394 e. The van der Waals surface area contributed by atoms with Gasteiger partial charge in [0, 0.05) is 17.7 Å². The fourth-order valence-corrected chi connectivity index (χ4v) is 1.63. The zero-order chi connectivity index (χ0) is 11.7. The number of rotatable bonds is 3. The molecule has 1 atom stereocenters. The molecule has 0 spiro atoms. The van der Waals surface area contributed by atoms with Crippen molar-refractivity contribution in [2.75, 3.05) is 6.61 Å². The Balaban J connectivity index is 2.58. The van der Waals surface area contributed by atoms with Gasteiger partial charge in [-0.2, -0.15) is 0 Å². The van der Waals surface area contributed by atoms with E-state index in [1.807, 2.05) is 6.07 Å². The number of aliphatic hydroxyl groups excluding tert-OH is 1. The number of nitrogens with two attached hydrogens (primary N) is 1. The van der Waals surface area contributed by atoms with Gasteiger partial charge in [0.15, 0.2) is 5.65 Å². The van der Waals surface area contributed by atoms with Crippen molar-refractivity contribution in [3.63, 3.8) is 0 Å². The number of aromatic nitrogens is 3. The van der Waals surface area contributed by atoms with E-state index in [0.717, 1.165) is 16.9 Å². The van der Waals surface area contributed by atoms with E-state index < -0.39 is 6.04 Å². The molecule has 2 heterocycles. The topological polar surface area (TPSA) is 87.8 Å². The van der Waals surface area contributed by atoms with Gasteiger partial charge in [-0.25, -0.2) is 9.97 Å². The van der Waals surface area contributed by atoms with Crippen LogP contribution in [0.5, 0.6) is 0 Å². The molecule has 0 amide bonds. The molecule has 86 valence electrons. The number of hydrogen-bond acceptors (Lipinski definition) is 4. The van der Waals surface area contributed by atoms with E-state index in [-0.39, 0.29) is 6.61 Å². The Morgan fingerprint density at radius 3 is 2.88 bits per heavy atom. The van der Waals surface area contributed by atoms with Gasteiger partial charge < -0.3 is 15.8 Å². The van der Waals surface area contributed by atoms with E-state index in [0.29, 0.717) is 11.6 Å². The first-order valence-electron chi connectivity index (χ1n) is 5.34. The second-order valence-corrected chi connectivity index (χ2v) is 4.16. The molecule has 4 N–H and O–H groups in total. The Labute approximate surface area is 93.7 Å². The van der Waals surface area contributed by atoms with Crippen LogP contribution in [0.25, 0.3) is 11.2 Å². The second kappa shape index (κ2) is 4.19. The summed E-state index contributed by atoms with van der Waals surface area (Å²) in [7, 11) is 0. The zero-order valence-corrected chi connectivity index (χ0v) is 9.44. The van der Waals surface area contributed by atoms with Crippen LogP contribution in [-0.4, -0.2) is 26.7 Å². The second-order valence-electron chi connectivity index (χ2n) is 4.16. The maximum Gasteiger partial charge on any atom is 0.178 e. The molecule has 1 unspecified atom stereocenters. The van der Waals surface area contributed by atoms with Crippen LogP contribution in [0.4, 0.5) is 0 Å². The van der Waals surface area contributed by atoms with Gasteiger partial charge in [0.2, 0.25) is 0 Å². The summed E-state index contributed by atoms with van der Waals surface area (Å²) in [6, 6.07) is 1.41. The SMILES string of the molecule is CC(C)c1nc2nccc(C(N)CO)c2[nH]1. The fraction of sp³-hybridized carbons (Fsp3) is 0.455. The third-order valence-electron chi connectivity index (χ3n) is 2.59. The average molecular weight is 220 g/mol. The van der Waals surface area contributed by atoms with E-state index in [9.17, 15) is 0 Å². The normalized spacial score (nSPS) is 13.6. The molecule has 0 aromatic carbocycles. The summed E-state index contributed by atoms with van der Waals surface area (Å²) < 4.78 is 0. The fourth-order valence-electron chi connectivity index (χ4n) is 1.63. The molecule has 0 aliphatic rings. The average Bonchev–Trinajstić information content (AvgIpc) is 2.71. The van der Waals surface area contributed by atoms with Crippen LogP contribution in [-0.2, 0) is 0 Å². The number of nitrogens with one attached hydrogen (secondary N) is 1. The predicted octanol–water partition coefficient (Wildman–Crippen LogP) is 1.07. The summed E-state index contributed by atoms with van der Waals surface area (Å²) in [4.78, 5) is 11.8. The first-order chi connectivity index (χ1) is 7.63. The minimum absolute atomic E-state index is 0.0881. The van der Waals surface area contributed by atoms with Crippen LogP contribution in [0, 0.1) is 0 Å². The van der Waals surface area contributed by atoms with E-state index in [1.165, 1.54) is 0 Å². The van der Waals surface area contributed by atoms with Gasteiger partial charge in [-0.1, -0.05) is 13.8 Å². The summed E-state index contributed by atoms with van der Waals surface area (Å²) in [5.41, 5.74) is 8.16. The lowest BCUT2D eigenvalue weighted by Crippen LogP contribution is -2.15. The molecule has 0 bridgehead atoms. The van der Waals surface area contributed by atoms with Gasteiger partial charge in [0.05, 0.1) is 18.2 Å². The van der Waals surface area contributed by atoms with Crippen molar-refractivity contribution >= 4 is 11.2 Å². The third kappa shape index (κ3) is 1.79. The van der Waals surface area contributed by atoms with Crippen molar-refractivity contribution in [2.24, 2.45) is 5.73 Å². The molecule has 0 saturated carbocycles. The number of aliphatic hydroxyl groups is 1. The van der Waals surface area contributed by atoms with Crippen LogP contribution in [0.15, 0.2) is 12.3 Å². The van der Waals surface area contributed by atoms with Crippen LogP contribution < -0.4 is 5.73 Å². The Morgan fingerprint density at radius 1 is 1.50 bits per heavy atom. The highest BCUT2D eigenvalue weighted by Crippen LogP contribution is 2.21. The van der Waals surface area contributed by atoms with Crippen LogP contribution in [0.2, 0.25) is 0 Å². The predicted molar refractivity (Wildman–Crippen MR) is 62.0 cm³/mol. The minimum Gasteiger partial charge on any atom is -0.394 e. The summed E-state index contributed by atoms with van der Waals surface area (Å²) in [5.74, 6) is 1.20. The molecule has 5 nitrogen and oxygen atoms in total. The van der Waals surface area contributed by atoms with Gasteiger partial charge in [-0.3, -0.25) is 0 Å². The molecule has 2 rings (SSSR count).